The SMILES string of the molecule is N#Cc1cc(NC2CCCCCCC2)ccc1[N+](=O)[O-]. The fraction of sp³-hybridized carbons (Fsp3) is 0.533. The molecule has 106 valence electrons. The Hall–Kier alpha value is -2.09. The Morgan fingerprint density at radius 3 is 2.45 bits per heavy atom. The van der Waals surface area contributed by atoms with Gasteiger partial charge in [0, 0.05) is 17.8 Å². The zero-order chi connectivity index (χ0) is 14.4. The van der Waals surface area contributed by atoms with E-state index < -0.39 is 4.92 Å². The van der Waals surface area contributed by atoms with Crippen LogP contribution in [0.15, 0.2) is 18.2 Å². The first-order valence-corrected chi connectivity index (χ1v) is 7.16. The molecule has 1 aliphatic rings. The van der Waals surface area contributed by atoms with Crippen LogP contribution in [0.5, 0.6) is 0 Å². The summed E-state index contributed by atoms with van der Waals surface area (Å²) in [5, 5.41) is 23.2. The van der Waals surface area contributed by atoms with E-state index in [1.54, 1.807) is 12.1 Å². The molecule has 0 aliphatic heterocycles. The third-order valence-electron chi connectivity index (χ3n) is 3.79. The lowest BCUT2D eigenvalue weighted by Crippen LogP contribution is -2.20. The number of benzene rings is 1. The maximum atomic E-state index is 10.8. The fourth-order valence-electron chi connectivity index (χ4n) is 2.71. The Morgan fingerprint density at radius 1 is 1.20 bits per heavy atom. The molecule has 5 heteroatoms. The van der Waals surface area contributed by atoms with Gasteiger partial charge in [-0.3, -0.25) is 10.1 Å². The molecule has 0 bridgehead atoms. The van der Waals surface area contributed by atoms with Crippen molar-refractivity contribution in [3.05, 3.63) is 33.9 Å². The molecule has 0 aromatic heterocycles. The molecule has 2 rings (SSSR count). The summed E-state index contributed by atoms with van der Waals surface area (Å²) in [4.78, 5) is 10.3. The van der Waals surface area contributed by atoms with Crippen LogP contribution < -0.4 is 5.32 Å². The van der Waals surface area contributed by atoms with E-state index in [9.17, 15) is 10.1 Å². The van der Waals surface area contributed by atoms with Crippen LogP contribution in [0.4, 0.5) is 11.4 Å². The topological polar surface area (TPSA) is 79.0 Å². The van der Waals surface area contributed by atoms with Gasteiger partial charge in [-0.2, -0.15) is 5.26 Å². The molecule has 1 aromatic rings. The van der Waals surface area contributed by atoms with Gasteiger partial charge >= 0.3 is 0 Å². The van der Waals surface area contributed by atoms with Crippen molar-refractivity contribution in [2.45, 2.75) is 51.0 Å². The van der Waals surface area contributed by atoms with Gasteiger partial charge in [-0.1, -0.05) is 32.1 Å². The van der Waals surface area contributed by atoms with E-state index in [-0.39, 0.29) is 11.3 Å². The van der Waals surface area contributed by atoms with Gasteiger partial charge < -0.3 is 5.32 Å². The number of hydrogen-bond acceptors (Lipinski definition) is 4. The zero-order valence-corrected chi connectivity index (χ0v) is 11.5. The van der Waals surface area contributed by atoms with Crippen molar-refractivity contribution in [1.29, 1.82) is 5.26 Å². The summed E-state index contributed by atoms with van der Waals surface area (Å²) in [7, 11) is 0. The number of nitrogens with one attached hydrogen (secondary N) is 1. The van der Waals surface area contributed by atoms with Gasteiger partial charge in [0.25, 0.3) is 5.69 Å². The molecular formula is C15H19N3O2. The van der Waals surface area contributed by atoms with Gasteiger partial charge in [0.2, 0.25) is 0 Å². The summed E-state index contributed by atoms with van der Waals surface area (Å²) in [5.41, 5.74) is 0.791. The second-order valence-electron chi connectivity index (χ2n) is 5.29. The van der Waals surface area contributed by atoms with Crippen LogP contribution in [0.3, 0.4) is 0 Å². The van der Waals surface area contributed by atoms with Gasteiger partial charge in [-0.25, -0.2) is 0 Å². The summed E-state index contributed by atoms with van der Waals surface area (Å²) in [6.45, 7) is 0. The number of nitro groups is 1. The molecule has 0 atom stereocenters. The first-order valence-electron chi connectivity index (χ1n) is 7.16. The third-order valence-corrected chi connectivity index (χ3v) is 3.79. The predicted molar refractivity (Wildman–Crippen MR) is 77.5 cm³/mol. The third kappa shape index (κ3) is 3.70. The standard InChI is InChI=1S/C15H19N3O2/c16-11-12-10-14(8-9-15(12)18(19)20)17-13-6-4-2-1-3-5-7-13/h8-10,13,17H,1-7H2. The van der Waals surface area contributed by atoms with E-state index in [2.05, 4.69) is 5.32 Å². The van der Waals surface area contributed by atoms with Crippen LogP contribution in [0, 0.1) is 21.4 Å². The van der Waals surface area contributed by atoms with E-state index in [1.165, 1.54) is 38.2 Å². The van der Waals surface area contributed by atoms with Gasteiger partial charge in [0.05, 0.1) is 4.92 Å². The smallest absolute Gasteiger partial charge is 0.287 e. The number of hydrogen-bond donors (Lipinski definition) is 1. The molecule has 20 heavy (non-hydrogen) atoms. The van der Waals surface area contributed by atoms with Gasteiger partial charge in [-0.15, -0.1) is 0 Å². The molecule has 5 nitrogen and oxygen atoms in total. The second kappa shape index (κ2) is 6.90. The molecule has 0 heterocycles. The van der Waals surface area contributed by atoms with Crippen LogP contribution >= 0.6 is 0 Å². The number of nitriles is 1. The van der Waals surface area contributed by atoms with E-state index in [4.69, 9.17) is 5.26 Å². The van der Waals surface area contributed by atoms with Crippen LogP contribution in [0.1, 0.15) is 50.5 Å². The lowest BCUT2D eigenvalue weighted by molar-refractivity contribution is -0.385. The minimum Gasteiger partial charge on any atom is -0.382 e. The molecular weight excluding hydrogens is 254 g/mol. The first-order chi connectivity index (χ1) is 9.70. The fourth-order valence-corrected chi connectivity index (χ4v) is 2.71. The van der Waals surface area contributed by atoms with Gasteiger partial charge in [0.1, 0.15) is 11.6 Å². The van der Waals surface area contributed by atoms with Crippen molar-refractivity contribution in [2.24, 2.45) is 0 Å². The summed E-state index contributed by atoms with van der Waals surface area (Å²) < 4.78 is 0. The van der Waals surface area contributed by atoms with Crippen LogP contribution in [0.25, 0.3) is 0 Å². The van der Waals surface area contributed by atoms with Gasteiger partial charge in [0.15, 0.2) is 0 Å². The molecule has 0 radical (unpaired) electrons. The van der Waals surface area contributed by atoms with Crippen LogP contribution in [-0.4, -0.2) is 11.0 Å². The molecule has 1 aliphatic carbocycles. The minimum absolute atomic E-state index is 0.117. The highest BCUT2D eigenvalue weighted by Gasteiger charge is 2.16. The predicted octanol–water partition coefficient (Wildman–Crippen LogP) is 3.99. The average Bonchev–Trinajstić information content (AvgIpc) is 2.41. The van der Waals surface area contributed by atoms with Crippen molar-refractivity contribution in [3.8, 4) is 6.07 Å². The lowest BCUT2D eigenvalue weighted by atomic mass is 9.96. The van der Waals surface area contributed by atoms with Crippen molar-refractivity contribution in [3.63, 3.8) is 0 Å². The van der Waals surface area contributed by atoms with Crippen molar-refractivity contribution in [2.75, 3.05) is 5.32 Å². The van der Waals surface area contributed by atoms with E-state index in [0.29, 0.717) is 6.04 Å². The number of anilines is 1. The highest BCUT2D eigenvalue weighted by Crippen LogP contribution is 2.25. The normalized spacial score (nSPS) is 16.8. The van der Waals surface area contributed by atoms with Crippen LogP contribution in [0.2, 0.25) is 0 Å². The molecule has 1 fully saturated rings. The van der Waals surface area contributed by atoms with E-state index >= 15 is 0 Å². The van der Waals surface area contributed by atoms with Crippen molar-refractivity contribution in [1.82, 2.24) is 0 Å². The molecule has 0 amide bonds. The summed E-state index contributed by atoms with van der Waals surface area (Å²) in [5.74, 6) is 0. The van der Waals surface area contributed by atoms with Crippen LogP contribution in [-0.2, 0) is 0 Å². The minimum atomic E-state index is -0.516. The number of nitrogens with zero attached hydrogens (tertiary/aromatic N) is 2. The maximum Gasteiger partial charge on any atom is 0.287 e. The lowest BCUT2D eigenvalue weighted by Gasteiger charge is -2.22. The molecule has 0 saturated heterocycles. The Kier molecular flexibility index (Phi) is 4.94. The number of rotatable bonds is 3. The molecule has 1 saturated carbocycles. The highest BCUT2D eigenvalue weighted by molar-refractivity contribution is 5.58. The Morgan fingerprint density at radius 2 is 1.85 bits per heavy atom. The van der Waals surface area contributed by atoms with E-state index in [1.807, 2.05) is 6.07 Å². The number of nitro benzene ring substituents is 1. The largest absolute Gasteiger partial charge is 0.382 e. The summed E-state index contributed by atoms with van der Waals surface area (Å²) >= 11 is 0. The molecule has 0 spiro atoms. The maximum absolute atomic E-state index is 10.8. The van der Waals surface area contributed by atoms with E-state index in [0.717, 1.165) is 18.5 Å². The van der Waals surface area contributed by atoms with Crippen molar-refractivity contribution < 1.29 is 4.92 Å². The first kappa shape index (κ1) is 14.3. The highest BCUT2D eigenvalue weighted by atomic mass is 16.6. The Bertz CT molecular complexity index is 514. The quantitative estimate of drug-likeness (QED) is 0.667. The average molecular weight is 273 g/mol. The molecule has 1 aromatic carbocycles. The van der Waals surface area contributed by atoms with Crippen molar-refractivity contribution >= 4 is 11.4 Å². The summed E-state index contributed by atoms with van der Waals surface area (Å²) in [6, 6.07) is 6.98. The Balaban J connectivity index is 2.09. The monoisotopic (exact) mass is 273 g/mol. The second-order valence-corrected chi connectivity index (χ2v) is 5.29. The molecule has 1 N–H and O–H groups in total. The van der Waals surface area contributed by atoms with Gasteiger partial charge in [-0.05, 0) is 25.0 Å². The molecule has 0 unspecified atom stereocenters. The zero-order valence-electron chi connectivity index (χ0n) is 11.5. The Labute approximate surface area is 118 Å². The summed E-state index contributed by atoms with van der Waals surface area (Å²) in [6.07, 6.45) is 8.57.